The van der Waals surface area contributed by atoms with E-state index in [1.807, 2.05) is 0 Å². The molecular formula is C4H10LiO+. The van der Waals surface area contributed by atoms with Gasteiger partial charge < -0.3 is 5.11 Å². The third kappa shape index (κ3) is 8.82. The van der Waals surface area contributed by atoms with Gasteiger partial charge in [-0.2, -0.15) is 0 Å². The first-order valence-corrected chi connectivity index (χ1v) is 2.02. The van der Waals surface area contributed by atoms with Crippen molar-refractivity contribution in [1.82, 2.24) is 0 Å². The van der Waals surface area contributed by atoms with Gasteiger partial charge in [0.15, 0.2) is 0 Å². The van der Waals surface area contributed by atoms with Gasteiger partial charge in [-0.05, 0) is 6.42 Å². The predicted octanol–water partition coefficient (Wildman–Crippen LogP) is -2.22. The molecule has 0 aromatic rings. The third-order valence-electron chi connectivity index (χ3n) is 0.512. The molecule has 0 saturated carbocycles. The number of hydrogen-bond donors (Lipinski definition) is 1. The summed E-state index contributed by atoms with van der Waals surface area (Å²) in [5.74, 6) is 0. The number of unbranched alkanes of at least 4 members (excludes halogenated alkanes) is 1. The molecule has 0 aromatic carbocycles. The molecule has 0 aliphatic rings. The summed E-state index contributed by atoms with van der Waals surface area (Å²) in [7, 11) is 0. The van der Waals surface area contributed by atoms with Gasteiger partial charge in [-0.3, -0.25) is 0 Å². The summed E-state index contributed by atoms with van der Waals surface area (Å²) in [6, 6.07) is 0. The molecule has 0 fully saturated rings. The molecule has 0 aliphatic heterocycles. The Bertz CT molecular complexity index is 15.0. The maximum atomic E-state index is 8.07. The van der Waals surface area contributed by atoms with Crippen LogP contribution < -0.4 is 18.9 Å². The van der Waals surface area contributed by atoms with Crippen molar-refractivity contribution in [3.8, 4) is 0 Å². The maximum absolute atomic E-state index is 8.07. The Labute approximate surface area is 50.9 Å². The van der Waals surface area contributed by atoms with Crippen molar-refractivity contribution in [2.24, 2.45) is 0 Å². The molecule has 1 N–H and O–H groups in total. The first kappa shape index (κ1) is 9.75. The molecule has 32 valence electrons. The number of hydrogen-bond acceptors (Lipinski definition) is 1. The summed E-state index contributed by atoms with van der Waals surface area (Å²) in [6.45, 7) is 2.40. The van der Waals surface area contributed by atoms with Crippen LogP contribution in [0.2, 0.25) is 0 Å². The van der Waals surface area contributed by atoms with Crippen LogP contribution >= 0.6 is 0 Å². The van der Waals surface area contributed by atoms with Gasteiger partial charge in [-0.25, -0.2) is 0 Å². The quantitative estimate of drug-likeness (QED) is 0.373. The number of rotatable bonds is 2. The Hall–Kier alpha value is 0.557. The van der Waals surface area contributed by atoms with E-state index < -0.39 is 0 Å². The van der Waals surface area contributed by atoms with E-state index in [-0.39, 0.29) is 18.9 Å². The molecule has 1 nitrogen and oxygen atoms in total. The minimum atomic E-state index is 0. The Morgan fingerprint density at radius 1 is 1.50 bits per heavy atom. The number of aliphatic hydroxyl groups excluding tert-OH is 1. The summed E-state index contributed by atoms with van der Waals surface area (Å²) in [6.07, 6.45) is 2.04. The summed E-state index contributed by atoms with van der Waals surface area (Å²) >= 11 is 0. The molecule has 0 radical (unpaired) electrons. The molecule has 2 heteroatoms. The Morgan fingerprint density at radius 2 is 2.00 bits per heavy atom. The van der Waals surface area contributed by atoms with Crippen LogP contribution in [0.1, 0.15) is 19.8 Å². The molecule has 0 saturated heterocycles. The first-order chi connectivity index (χ1) is 2.41. The molecule has 0 unspecified atom stereocenters. The van der Waals surface area contributed by atoms with Gasteiger partial charge in [-0.15, -0.1) is 0 Å². The van der Waals surface area contributed by atoms with Crippen LogP contribution in [-0.2, 0) is 0 Å². The monoisotopic (exact) mass is 81.1 g/mol. The van der Waals surface area contributed by atoms with Crippen molar-refractivity contribution in [3.63, 3.8) is 0 Å². The van der Waals surface area contributed by atoms with Crippen LogP contribution in [-0.4, -0.2) is 11.7 Å². The van der Waals surface area contributed by atoms with Crippen LogP contribution in [0.4, 0.5) is 0 Å². The van der Waals surface area contributed by atoms with Gasteiger partial charge in [0.05, 0.1) is 0 Å². The minimum absolute atomic E-state index is 0. The van der Waals surface area contributed by atoms with E-state index in [4.69, 9.17) is 5.11 Å². The zero-order valence-corrected chi connectivity index (χ0v) is 4.57. The topological polar surface area (TPSA) is 20.2 Å². The Kier molecular flexibility index (Phi) is 14.8. The fourth-order valence-corrected chi connectivity index (χ4v) is 0.158. The molecule has 0 aliphatic carbocycles. The molecule has 0 atom stereocenters. The van der Waals surface area contributed by atoms with Crippen molar-refractivity contribution in [1.29, 1.82) is 0 Å². The summed E-state index contributed by atoms with van der Waals surface area (Å²) in [4.78, 5) is 0. The van der Waals surface area contributed by atoms with Crippen LogP contribution in [0.5, 0.6) is 0 Å². The van der Waals surface area contributed by atoms with E-state index in [1.165, 1.54) is 0 Å². The summed E-state index contributed by atoms with van der Waals surface area (Å²) < 4.78 is 0. The van der Waals surface area contributed by atoms with Crippen molar-refractivity contribution in [2.75, 3.05) is 6.61 Å². The van der Waals surface area contributed by atoms with Crippen molar-refractivity contribution in [3.05, 3.63) is 0 Å². The fourth-order valence-electron chi connectivity index (χ4n) is 0.158. The van der Waals surface area contributed by atoms with E-state index in [0.29, 0.717) is 6.61 Å². The van der Waals surface area contributed by atoms with Crippen molar-refractivity contribution < 1.29 is 24.0 Å². The van der Waals surface area contributed by atoms with E-state index in [0.717, 1.165) is 12.8 Å². The first-order valence-electron chi connectivity index (χ1n) is 2.02. The minimum Gasteiger partial charge on any atom is -0.396 e. The molecule has 0 rings (SSSR count). The smallest absolute Gasteiger partial charge is 0.396 e. The van der Waals surface area contributed by atoms with E-state index >= 15 is 0 Å². The average molecular weight is 81.1 g/mol. The van der Waals surface area contributed by atoms with Crippen molar-refractivity contribution >= 4 is 0 Å². The SMILES string of the molecule is CCCCO.[Li+]. The zero-order chi connectivity index (χ0) is 4.12. The van der Waals surface area contributed by atoms with Crippen LogP contribution in [0.3, 0.4) is 0 Å². The summed E-state index contributed by atoms with van der Waals surface area (Å²) in [5, 5.41) is 8.07. The summed E-state index contributed by atoms with van der Waals surface area (Å²) in [5.41, 5.74) is 0. The van der Waals surface area contributed by atoms with E-state index in [1.54, 1.807) is 0 Å². The molecule has 0 amide bonds. The molecule has 0 heterocycles. The largest absolute Gasteiger partial charge is 1.00 e. The van der Waals surface area contributed by atoms with Crippen LogP contribution in [0.25, 0.3) is 0 Å². The standard InChI is InChI=1S/C4H10O.Li/c1-2-3-4-5;/h5H,2-4H2,1H3;/q;+1. The predicted molar refractivity (Wildman–Crippen MR) is 22.0 cm³/mol. The van der Waals surface area contributed by atoms with Gasteiger partial charge in [0.2, 0.25) is 0 Å². The second-order valence-corrected chi connectivity index (χ2v) is 1.08. The molecule has 0 aromatic heterocycles. The van der Waals surface area contributed by atoms with Crippen LogP contribution in [0, 0.1) is 0 Å². The van der Waals surface area contributed by atoms with Crippen molar-refractivity contribution in [2.45, 2.75) is 19.8 Å². The van der Waals surface area contributed by atoms with Gasteiger partial charge in [0, 0.05) is 6.61 Å². The Balaban J connectivity index is 0. The second-order valence-electron chi connectivity index (χ2n) is 1.08. The molecular weight excluding hydrogens is 71.0 g/mol. The van der Waals surface area contributed by atoms with E-state index in [9.17, 15) is 0 Å². The molecule has 0 spiro atoms. The molecule has 0 bridgehead atoms. The third-order valence-corrected chi connectivity index (χ3v) is 0.512. The average Bonchev–Trinajstić information content (AvgIpc) is 1.41. The molecule has 6 heavy (non-hydrogen) atoms. The Morgan fingerprint density at radius 3 is 2.00 bits per heavy atom. The fraction of sp³-hybridized carbons (Fsp3) is 1.00. The van der Waals surface area contributed by atoms with E-state index in [2.05, 4.69) is 6.92 Å². The maximum Gasteiger partial charge on any atom is 1.00 e. The van der Waals surface area contributed by atoms with Gasteiger partial charge >= 0.3 is 18.9 Å². The zero-order valence-electron chi connectivity index (χ0n) is 4.57. The van der Waals surface area contributed by atoms with Gasteiger partial charge in [0.25, 0.3) is 0 Å². The number of aliphatic hydroxyl groups is 1. The normalized spacial score (nSPS) is 7.00. The van der Waals surface area contributed by atoms with Crippen LogP contribution in [0.15, 0.2) is 0 Å². The second kappa shape index (κ2) is 9.12. The van der Waals surface area contributed by atoms with Gasteiger partial charge in [-0.1, -0.05) is 13.3 Å². The van der Waals surface area contributed by atoms with Gasteiger partial charge in [0.1, 0.15) is 0 Å².